The number of hydrogen-bond donors (Lipinski definition) is 2. The number of fused-ring (bicyclic) bond motifs is 1. The molecule has 0 saturated carbocycles. The lowest BCUT2D eigenvalue weighted by molar-refractivity contribution is -0.141. The lowest BCUT2D eigenvalue weighted by Crippen LogP contribution is -2.59. The molecule has 2 aromatic carbocycles. The molecule has 35 heavy (non-hydrogen) atoms. The molecule has 4 amide bonds. The smallest absolute Gasteiger partial charge is 0.315 e. The van der Waals surface area contributed by atoms with Crippen molar-refractivity contribution in [2.24, 2.45) is 5.73 Å². The molecule has 0 bridgehead atoms. The Balaban J connectivity index is 2.05. The molecule has 1 heterocycles. The minimum Gasteiger partial charge on any atom is -0.351 e. The minimum absolute atomic E-state index is 0.106. The quantitative estimate of drug-likeness (QED) is 0.477. The monoisotopic (exact) mass is 482 g/mol. The highest BCUT2D eigenvalue weighted by atomic mass is 16.7. The van der Waals surface area contributed by atoms with Crippen molar-refractivity contribution in [1.29, 1.82) is 0 Å². The molecule has 1 atom stereocenters. The van der Waals surface area contributed by atoms with E-state index in [0.717, 1.165) is 5.56 Å². The van der Waals surface area contributed by atoms with Crippen molar-refractivity contribution in [2.75, 3.05) is 36.5 Å². The Kier molecular flexibility index (Phi) is 8.48. The number of nitrogens with one attached hydrogen (secondary N) is 1. The molecule has 0 aliphatic carbocycles. The summed E-state index contributed by atoms with van der Waals surface area (Å²) < 4.78 is 11.4. The molecule has 0 radical (unpaired) electrons. The topological polar surface area (TPSA) is 114 Å². The molecule has 3 N–H and O–H groups in total. The number of carbonyl (C=O) groups excluding carboxylic acids is 3. The van der Waals surface area contributed by atoms with Crippen molar-refractivity contribution >= 4 is 29.2 Å². The van der Waals surface area contributed by atoms with E-state index in [1.807, 2.05) is 32.9 Å². The zero-order valence-corrected chi connectivity index (χ0v) is 20.7. The van der Waals surface area contributed by atoms with Crippen LogP contribution >= 0.6 is 0 Å². The van der Waals surface area contributed by atoms with E-state index in [1.165, 1.54) is 9.80 Å². The number of carbonyl (C=O) groups is 3. The van der Waals surface area contributed by atoms with Crippen LogP contribution in [0.25, 0.3) is 0 Å². The van der Waals surface area contributed by atoms with Crippen LogP contribution in [0.15, 0.2) is 48.5 Å². The summed E-state index contributed by atoms with van der Waals surface area (Å²) in [5, 5.41) is 2.85. The number of rotatable bonds is 11. The Labute approximate surface area is 206 Å². The first-order valence-corrected chi connectivity index (χ1v) is 11.9. The van der Waals surface area contributed by atoms with E-state index in [-0.39, 0.29) is 19.5 Å². The van der Waals surface area contributed by atoms with Gasteiger partial charge in [0.25, 0.3) is 5.91 Å². The summed E-state index contributed by atoms with van der Waals surface area (Å²) in [5.74, 6) is -0.840. The van der Waals surface area contributed by atoms with Crippen molar-refractivity contribution in [3.63, 3.8) is 0 Å². The largest absolute Gasteiger partial charge is 0.351 e. The molecule has 9 nitrogen and oxygen atoms in total. The van der Waals surface area contributed by atoms with E-state index >= 15 is 0 Å². The summed E-state index contributed by atoms with van der Waals surface area (Å²) in [6.07, 6.45) is -0.958. The fourth-order valence-electron chi connectivity index (χ4n) is 4.58. The number of urea groups is 1. The van der Waals surface area contributed by atoms with Crippen LogP contribution in [0.3, 0.4) is 0 Å². The molecule has 0 spiro atoms. The number of amides is 4. The molecule has 3 rings (SSSR count). The Morgan fingerprint density at radius 2 is 1.69 bits per heavy atom. The molecular formula is C26H34N4O5. The summed E-state index contributed by atoms with van der Waals surface area (Å²) in [7, 11) is 0. The standard InChI is InChI=1S/C26H34N4O5/c1-5-30(25(27)33)26(16-22(31)28-19-14-12-18(4)13-15-19)20-10-8-9-11-21(20)29(24(26)32)17-23(34-6-2)35-7-3/h8-15,23H,5-7,16-17H2,1-4H3,(H2,27,33)(H,28,31). The van der Waals surface area contributed by atoms with Crippen LogP contribution in [0.4, 0.5) is 16.2 Å². The van der Waals surface area contributed by atoms with Gasteiger partial charge in [-0.1, -0.05) is 35.9 Å². The number of likely N-dealkylation sites (N-methyl/N-ethyl adjacent to an activating group) is 1. The second-order valence-electron chi connectivity index (χ2n) is 8.31. The van der Waals surface area contributed by atoms with E-state index in [0.29, 0.717) is 30.2 Å². The number of hydrogen-bond acceptors (Lipinski definition) is 5. The first kappa shape index (κ1) is 26.2. The highest BCUT2D eigenvalue weighted by Crippen LogP contribution is 2.46. The Hall–Kier alpha value is -3.43. The third-order valence-corrected chi connectivity index (χ3v) is 6.07. The predicted octanol–water partition coefficient (Wildman–Crippen LogP) is 3.37. The number of ether oxygens (including phenoxy) is 2. The van der Waals surface area contributed by atoms with E-state index in [2.05, 4.69) is 5.32 Å². The lowest BCUT2D eigenvalue weighted by Gasteiger charge is -2.38. The Bertz CT molecular complexity index is 1050. The van der Waals surface area contributed by atoms with Gasteiger partial charge in [-0.15, -0.1) is 0 Å². The fraction of sp³-hybridized carbons (Fsp3) is 0.423. The van der Waals surface area contributed by atoms with E-state index in [4.69, 9.17) is 15.2 Å². The molecule has 0 aromatic heterocycles. The van der Waals surface area contributed by atoms with Gasteiger partial charge in [-0.3, -0.25) is 9.59 Å². The van der Waals surface area contributed by atoms with Crippen molar-refractivity contribution in [3.8, 4) is 0 Å². The maximum absolute atomic E-state index is 14.2. The molecule has 1 unspecified atom stereocenters. The number of para-hydroxylation sites is 1. The number of aryl methyl sites for hydroxylation is 1. The summed E-state index contributed by atoms with van der Waals surface area (Å²) >= 11 is 0. The Morgan fingerprint density at radius 1 is 1.06 bits per heavy atom. The summed E-state index contributed by atoms with van der Waals surface area (Å²) in [6, 6.07) is 13.7. The average Bonchev–Trinajstić information content (AvgIpc) is 3.04. The number of benzene rings is 2. The maximum Gasteiger partial charge on any atom is 0.315 e. The third kappa shape index (κ3) is 5.31. The van der Waals surface area contributed by atoms with Gasteiger partial charge < -0.3 is 30.3 Å². The molecule has 0 fully saturated rings. The molecule has 188 valence electrons. The highest BCUT2D eigenvalue weighted by molar-refractivity contribution is 6.12. The molecule has 1 aliphatic heterocycles. The van der Waals surface area contributed by atoms with Crippen LogP contribution in [0.2, 0.25) is 0 Å². The first-order chi connectivity index (χ1) is 16.8. The summed E-state index contributed by atoms with van der Waals surface area (Å²) in [5.41, 5.74) is 6.93. The second kappa shape index (κ2) is 11.3. The van der Waals surface area contributed by atoms with E-state index in [1.54, 1.807) is 43.3 Å². The molecular weight excluding hydrogens is 448 g/mol. The van der Waals surface area contributed by atoms with Crippen molar-refractivity contribution < 1.29 is 23.9 Å². The number of primary amides is 1. The summed E-state index contributed by atoms with van der Waals surface area (Å²) in [6.45, 7) is 8.42. The van der Waals surface area contributed by atoms with Crippen molar-refractivity contribution in [2.45, 2.75) is 45.9 Å². The van der Waals surface area contributed by atoms with Gasteiger partial charge in [0.1, 0.15) is 0 Å². The first-order valence-electron chi connectivity index (χ1n) is 11.9. The number of anilines is 2. The van der Waals surface area contributed by atoms with Gasteiger partial charge in [-0.05, 0) is 45.9 Å². The van der Waals surface area contributed by atoms with Crippen molar-refractivity contribution in [3.05, 3.63) is 59.7 Å². The fourth-order valence-corrected chi connectivity index (χ4v) is 4.58. The van der Waals surface area contributed by atoms with E-state index < -0.39 is 29.7 Å². The van der Waals surface area contributed by atoms with Gasteiger partial charge >= 0.3 is 6.03 Å². The molecule has 9 heteroatoms. The van der Waals surface area contributed by atoms with Gasteiger partial charge in [0.15, 0.2) is 11.8 Å². The zero-order chi connectivity index (χ0) is 25.6. The van der Waals surface area contributed by atoms with Gasteiger partial charge in [-0.25, -0.2) is 4.79 Å². The zero-order valence-electron chi connectivity index (χ0n) is 20.7. The van der Waals surface area contributed by atoms with Crippen molar-refractivity contribution in [1.82, 2.24) is 4.90 Å². The number of nitrogens with two attached hydrogens (primary N) is 1. The maximum atomic E-state index is 14.2. The van der Waals surface area contributed by atoms with Gasteiger partial charge in [0.05, 0.1) is 18.7 Å². The van der Waals surface area contributed by atoms with Crippen LogP contribution < -0.4 is 16.0 Å². The predicted molar refractivity (Wildman–Crippen MR) is 134 cm³/mol. The van der Waals surface area contributed by atoms with Crippen LogP contribution in [0.5, 0.6) is 0 Å². The van der Waals surface area contributed by atoms with Gasteiger partial charge in [-0.2, -0.15) is 0 Å². The lowest BCUT2D eigenvalue weighted by atomic mass is 9.85. The van der Waals surface area contributed by atoms with Crippen LogP contribution in [-0.4, -0.2) is 55.3 Å². The Morgan fingerprint density at radius 3 is 2.26 bits per heavy atom. The normalized spacial score (nSPS) is 16.9. The second-order valence-corrected chi connectivity index (χ2v) is 8.31. The van der Waals surface area contributed by atoms with Crippen LogP contribution in [-0.2, 0) is 24.6 Å². The minimum atomic E-state index is -1.60. The molecule has 0 saturated heterocycles. The SMILES string of the molecule is CCOC(CN1C(=O)C(CC(=O)Nc2ccc(C)cc2)(N(CC)C(N)=O)c2ccccc21)OCC. The van der Waals surface area contributed by atoms with Gasteiger partial charge in [0, 0.05) is 31.0 Å². The number of nitrogens with zero attached hydrogens (tertiary/aromatic N) is 2. The summed E-state index contributed by atoms with van der Waals surface area (Å²) in [4.78, 5) is 42.8. The van der Waals surface area contributed by atoms with Crippen LogP contribution in [0, 0.1) is 6.92 Å². The van der Waals surface area contributed by atoms with Gasteiger partial charge in [0.2, 0.25) is 5.91 Å². The highest BCUT2D eigenvalue weighted by Gasteiger charge is 2.57. The average molecular weight is 483 g/mol. The molecule has 2 aromatic rings. The molecule has 1 aliphatic rings. The van der Waals surface area contributed by atoms with Crippen LogP contribution in [0.1, 0.15) is 38.3 Å². The van der Waals surface area contributed by atoms with E-state index in [9.17, 15) is 14.4 Å². The third-order valence-electron chi connectivity index (χ3n) is 6.07.